The van der Waals surface area contributed by atoms with Crippen LogP contribution in [0.5, 0.6) is 11.6 Å². The summed E-state index contributed by atoms with van der Waals surface area (Å²) in [5, 5.41) is 9.15. The van der Waals surface area contributed by atoms with Crippen molar-refractivity contribution in [3.8, 4) is 29.0 Å². The van der Waals surface area contributed by atoms with Gasteiger partial charge in [-0.15, -0.1) is 0 Å². The van der Waals surface area contributed by atoms with Gasteiger partial charge in [0.25, 0.3) is 0 Å². The van der Waals surface area contributed by atoms with Crippen molar-refractivity contribution in [1.82, 2.24) is 15.0 Å². The van der Waals surface area contributed by atoms with Gasteiger partial charge in [-0.05, 0) is 57.0 Å². The summed E-state index contributed by atoms with van der Waals surface area (Å²) in [6.45, 7) is 7.34. The lowest BCUT2D eigenvalue weighted by atomic mass is 10.1. The van der Waals surface area contributed by atoms with Gasteiger partial charge in [0.05, 0.1) is 23.2 Å². The SMILES string of the molecule is Cc1cc(C)c(Oc2nc(-c3cncc(C#N)c3)cc(C)c2NS(C)(=O)=O)c(C)n1. The number of nitrogens with one attached hydrogen (secondary N) is 1. The molecule has 1 N–H and O–H groups in total. The van der Waals surface area contributed by atoms with Gasteiger partial charge < -0.3 is 4.74 Å². The second kappa shape index (κ2) is 8.08. The molecule has 154 valence electrons. The number of hydrogen-bond acceptors (Lipinski definition) is 7. The zero-order valence-corrected chi connectivity index (χ0v) is 18.1. The van der Waals surface area contributed by atoms with Gasteiger partial charge in [-0.1, -0.05) is 0 Å². The number of rotatable bonds is 5. The summed E-state index contributed by atoms with van der Waals surface area (Å²) < 4.78 is 32.4. The molecule has 0 saturated heterocycles. The van der Waals surface area contributed by atoms with E-state index in [-0.39, 0.29) is 11.6 Å². The van der Waals surface area contributed by atoms with Gasteiger partial charge in [-0.3, -0.25) is 14.7 Å². The minimum atomic E-state index is -3.57. The number of anilines is 1. The lowest BCUT2D eigenvalue weighted by Crippen LogP contribution is -2.13. The molecule has 0 bridgehead atoms. The highest BCUT2D eigenvalue weighted by atomic mass is 32.2. The van der Waals surface area contributed by atoms with Crippen molar-refractivity contribution in [3.05, 3.63) is 58.7 Å². The Hall–Kier alpha value is -3.51. The van der Waals surface area contributed by atoms with Crippen LogP contribution in [0.2, 0.25) is 0 Å². The first kappa shape index (κ1) is 21.2. The summed E-state index contributed by atoms with van der Waals surface area (Å²) in [5.74, 6) is 0.597. The molecule has 3 heterocycles. The maximum Gasteiger partial charge on any atom is 0.244 e. The molecule has 0 amide bonds. The highest BCUT2D eigenvalue weighted by molar-refractivity contribution is 7.92. The van der Waals surface area contributed by atoms with Crippen LogP contribution in [0.25, 0.3) is 11.3 Å². The molecule has 0 saturated carbocycles. The van der Waals surface area contributed by atoms with Crippen LogP contribution in [-0.2, 0) is 10.0 Å². The van der Waals surface area contributed by atoms with Crippen molar-refractivity contribution in [2.45, 2.75) is 27.7 Å². The number of nitriles is 1. The first-order valence-corrected chi connectivity index (χ1v) is 10.9. The summed E-state index contributed by atoms with van der Waals surface area (Å²) in [4.78, 5) is 13.0. The van der Waals surface area contributed by atoms with Gasteiger partial charge in [-0.2, -0.15) is 5.26 Å². The minimum absolute atomic E-state index is 0.0923. The Bertz CT molecular complexity index is 1260. The van der Waals surface area contributed by atoms with E-state index < -0.39 is 10.0 Å². The van der Waals surface area contributed by atoms with Gasteiger partial charge in [-0.25, -0.2) is 13.4 Å². The molecule has 0 fully saturated rings. The van der Waals surface area contributed by atoms with Crippen molar-refractivity contribution >= 4 is 15.7 Å². The Morgan fingerprint density at radius 1 is 1.03 bits per heavy atom. The van der Waals surface area contributed by atoms with Crippen molar-refractivity contribution in [2.24, 2.45) is 0 Å². The van der Waals surface area contributed by atoms with Crippen molar-refractivity contribution < 1.29 is 13.2 Å². The molecule has 30 heavy (non-hydrogen) atoms. The van der Waals surface area contributed by atoms with Crippen LogP contribution in [-0.4, -0.2) is 29.6 Å². The maximum absolute atomic E-state index is 11.9. The fourth-order valence-corrected chi connectivity index (χ4v) is 3.70. The van der Waals surface area contributed by atoms with Crippen LogP contribution < -0.4 is 9.46 Å². The molecule has 8 nitrogen and oxygen atoms in total. The normalized spacial score (nSPS) is 11.1. The fourth-order valence-electron chi connectivity index (χ4n) is 3.08. The van der Waals surface area contributed by atoms with Gasteiger partial charge in [0.1, 0.15) is 11.8 Å². The molecule has 3 aromatic rings. The second-order valence-corrected chi connectivity index (χ2v) is 8.80. The van der Waals surface area contributed by atoms with E-state index in [1.165, 1.54) is 6.20 Å². The third-order valence-corrected chi connectivity index (χ3v) is 4.86. The Morgan fingerprint density at radius 2 is 1.77 bits per heavy atom. The summed E-state index contributed by atoms with van der Waals surface area (Å²) in [5.41, 5.74) is 4.72. The average molecular weight is 423 g/mol. The number of aromatic nitrogens is 3. The quantitative estimate of drug-likeness (QED) is 0.663. The number of hydrogen-bond donors (Lipinski definition) is 1. The Labute approximate surface area is 175 Å². The molecule has 0 radical (unpaired) electrons. The Morgan fingerprint density at radius 3 is 2.40 bits per heavy atom. The molecule has 0 aliphatic rings. The lowest BCUT2D eigenvalue weighted by molar-refractivity contribution is 0.455. The largest absolute Gasteiger partial charge is 0.435 e. The highest BCUT2D eigenvalue weighted by Gasteiger charge is 2.19. The third kappa shape index (κ3) is 4.72. The van der Waals surface area contributed by atoms with E-state index >= 15 is 0 Å². The van der Waals surface area contributed by atoms with Gasteiger partial charge in [0.15, 0.2) is 5.75 Å². The van der Waals surface area contributed by atoms with Crippen LogP contribution >= 0.6 is 0 Å². The molecule has 0 unspecified atom stereocenters. The van der Waals surface area contributed by atoms with E-state index in [2.05, 4.69) is 19.7 Å². The monoisotopic (exact) mass is 423 g/mol. The number of ether oxygens (including phenoxy) is 1. The number of pyridine rings is 3. The predicted molar refractivity (Wildman–Crippen MR) is 114 cm³/mol. The van der Waals surface area contributed by atoms with E-state index in [4.69, 9.17) is 10.00 Å². The van der Waals surface area contributed by atoms with Crippen LogP contribution in [0, 0.1) is 39.0 Å². The van der Waals surface area contributed by atoms with Gasteiger partial charge in [0, 0.05) is 23.7 Å². The van der Waals surface area contributed by atoms with E-state index in [1.807, 2.05) is 32.9 Å². The molecule has 0 aliphatic heterocycles. The van der Waals surface area contributed by atoms with E-state index in [0.29, 0.717) is 33.8 Å². The van der Waals surface area contributed by atoms with Gasteiger partial charge in [0.2, 0.25) is 15.9 Å². The maximum atomic E-state index is 11.9. The summed E-state index contributed by atoms with van der Waals surface area (Å²) in [6, 6.07) is 7.30. The lowest BCUT2D eigenvalue weighted by Gasteiger charge is -2.17. The Balaban J connectivity index is 2.19. The first-order valence-electron chi connectivity index (χ1n) is 9.05. The van der Waals surface area contributed by atoms with Crippen LogP contribution in [0.3, 0.4) is 0 Å². The van der Waals surface area contributed by atoms with Gasteiger partial charge >= 0.3 is 0 Å². The van der Waals surface area contributed by atoms with Crippen molar-refractivity contribution in [3.63, 3.8) is 0 Å². The zero-order chi connectivity index (χ0) is 22.1. The molecule has 0 aliphatic carbocycles. The standard InChI is InChI=1S/C21H21N5O3S/c1-12-7-18(17-8-16(9-22)10-23-11-17)25-21(19(12)26-30(5,27)28)29-20-13(2)6-14(3)24-15(20)4/h6-8,10-11,26H,1-5H3. The summed E-state index contributed by atoms with van der Waals surface area (Å²) in [6.07, 6.45) is 4.10. The minimum Gasteiger partial charge on any atom is -0.435 e. The molecule has 3 aromatic heterocycles. The summed E-state index contributed by atoms with van der Waals surface area (Å²) in [7, 11) is -3.57. The second-order valence-electron chi connectivity index (χ2n) is 7.05. The Kier molecular flexibility index (Phi) is 5.71. The van der Waals surface area contributed by atoms with E-state index in [9.17, 15) is 8.42 Å². The van der Waals surface area contributed by atoms with Crippen LogP contribution in [0.4, 0.5) is 5.69 Å². The van der Waals surface area contributed by atoms with E-state index in [1.54, 1.807) is 25.3 Å². The fraction of sp³-hybridized carbons (Fsp3) is 0.238. The molecule has 9 heteroatoms. The van der Waals surface area contributed by atoms with Crippen molar-refractivity contribution in [1.29, 1.82) is 5.26 Å². The molecule has 0 aromatic carbocycles. The number of sulfonamides is 1. The molecular weight excluding hydrogens is 402 g/mol. The smallest absolute Gasteiger partial charge is 0.244 e. The molecule has 0 spiro atoms. The van der Waals surface area contributed by atoms with Crippen LogP contribution in [0.15, 0.2) is 30.6 Å². The van der Waals surface area contributed by atoms with E-state index in [0.717, 1.165) is 17.5 Å². The van der Waals surface area contributed by atoms with Crippen molar-refractivity contribution in [2.75, 3.05) is 11.0 Å². The zero-order valence-electron chi connectivity index (χ0n) is 17.3. The average Bonchev–Trinajstić information content (AvgIpc) is 2.66. The first-order chi connectivity index (χ1) is 14.1. The third-order valence-electron chi connectivity index (χ3n) is 4.29. The summed E-state index contributed by atoms with van der Waals surface area (Å²) >= 11 is 0. The topological polar surface area (TPSA) is 118 Å². The van der Waals surface area contributed by atoms with Crippen LogP contribution in [0.1, 0.15) is 28.1 Å². The molecule has 3 rings (SSSR count). The number of nitrogens with zero attached hydrogens (tertiary/aromatic N) is 4. The predicted octanol–water partition coefficient (Wildman–Crippen LogP) is 3.81. The number of aryl methyl sites for hydroxylation is 4. The molecular formula is C21H21N5O3S. The highest BCUT2D eigenvalue weighted by Crippen LogP contribution is 2.36. The molecule has 0 atom stereocenters.